The third-order valence-electron chi connectivity index (χ3n) is 3.98. The van der Waals surface area contributed by atoms with Gasteiger partial charge in [0.1, 0.15) is 11.3 Å². The molecule has 0 spiro atoms. The van der Waals surface area contributed by atoms with Gasteiger partial charge in [0.25, 0.3) is 0 Å². The number of carbonyl (C=O) groups is 1. The summed E-state index contributed by atoms with van der Waals surface area (Å²) in [5.74, 6) is 0.630. The first-order valence-electron chi connectivity index (χ1n) is 8.13. The van der Waals surface area contributed by atoms with E-state index in [0.29, 0.717) is 13.0 Å². The van der Waals surface area contributed by atoms with Crippen LogP contribution in [-0.2, 0) is 16.0 Å². The summed E-state index contributed by atoms with van der Waals surface area (Å²) < 4.78 is 11.0. The molecule has 5 heteroatoms. The van der Waals surface area contributed by atoms with Gasteiger partial charge in [-0.2, -0.15) is 0 Å². The first-order chi connectivity index (χ1) is 11.5. The Morgan fingerprint density at radius 3 is 2.83 bits per heavy atom. The fourth-order valence-corrected chi connectivity index (χ4v) is 2.80. The molecule has 5 nitrogen and oxygen atoms in total. The number of furan rings is 1. The van der Waals surface area contributed by atoms with Crippen LogP contribution in [0.5, 0.6) is 0 Å². The molecule has 2 aromatic rings. The Bertz CT molecular complexity index is 711. The Kier molecular flexibility index (Phi) is 6.17. The molecular weight excluding hydrogens is 306 g/mol. The number of nitrogens with one attached hydrogen (secondary N) is 1. The van der Waals surface area contributed by atoms with Gasteiger partial charge in [-0.15, -0.1) is 0 Å². The van der Waals surface area contributed by atoms with E-state index in [1.54, 1.807) is 13.2 Å². The highest BCUT2D eigenvalue weighted by molar-refractivity contribution is 5.96. The summed E-state index contributed by atoms with van der Waals surface area (Å²) in [5, 5.41) is 13.1. The number of rotatable bonds is 8. The smallest absolute Gasteiger partial charge is 0.244 e. The molecule has 0 aliphatic rings. The van der Waals surface area contributed by atoms with E-state index in [0.717, 1.165) is 28.7 Å². The second-order valence-corrected chi connectivity index (χ2v) is 6.08. The number of aliphatic hydroxyl groups excluding tert-OH is 1. The molecule has 2 N–H and O–H groups in total. The predicted octanol–water partition coefficient (Wildman–Crippen LogP) is 2.91. The Balaban J connectivity index is 2.19. The Morgan fingerprint density at radius 2 is 2.17 bits per heavy atom. The molecule has 2 rings (SSSR count). The SMILES string of the molecule is CCc1oc2ccccc2c1/C=C/C(=O)NC(C)(CCO)COC. The normalized spacial score (nSPS) is 14.2. The van der Waals surface area contributed by atoms with E-state index in [-0.39, 0.29) is 12.5 Å². The number of ether oxygens (including phenoxy) is 1. The van der Waals surface area contributed by atoms with Crippen molar-refractivity contribution in [2.75, 3.05) is 20.3 Å². The zero-order valence-electron chi connectivity index (χ0n) is 14.5. The van der Waals surface area contributed by atoms with Gasteiger partial charge in [0, 0.05) is 37.2 Å². The van der Waals surface area contributed by atoms with Gasteiger partial charge in [0.15, 0.2) is 0 Å². The maximum Gasteiger partial charge on any atom is 0.244 e. The van der Waals surface area contributed by atoms with E-state index in [4.69, 9.17) is 9.15 Å². The molecule has 0 saturated carbocycles. The molecule has 1 heterocycles. The first-order valence-corrected chi connectivity index (χ1v) is 8.13. The largest absolute Gasteiger partial charge is 0.460 e. The van der Waals surface area contributed by atoms with Crippen molar-refractivity contribution >= 4 is 23.0 Å². The van der Waals surface area contributed by atoms with Crippen molar-refractivity contribution in [3.05, 3.63) is 41.7 Å². The van der Waals surface area contributed by atoms with Crippen LogP contribution < -0.4 is 5.32 Å². The van der Waals surface area contributed by atoms with Gasteiger partial charge in [0.2, 0.25) is 5.91 Å². The second-order valence-electron chi connectivity index (χ2n) is 6.08. The van der Waals surface area contributed by atoms with Crippen LogP contribution in [0, 0.1) is 0 Å². The topological polar surface area (TPSA) is 71.7 Å². The van der Waals surface area contributed by atoms with E-state index in [1.807, 2.05) is 38.1 Å². The number of amides is 1. The number of benzene rings is 1. The fraction of sp³-hybridized carbons (Fsp3) is 0.421. The third-order valence-corrected chi connectivity index (χ3v) is 3.98. The molecule has 130 valence electrons. The standard InChI is InChI=1S/C19H25NO4/c1-4-16-15(14-7-5-6-8-17(14)24-16)9-10-18(22)20-19(2,11-12-21)13-23-3/h5-10,21H,4,11-13H2,1-3H3,(H,20,22)/b10-9+. The van der Waals surface area contributed by atoms with Gasteiger partial charge in [-0.1, -0.05) is 25.1 Å². The lowest BCUT2D eigenvalue weighted by atomic mass is 9.99. The number of hydrogen-bond donors (Lipinski definition) is 2. The highest BCUT2D eigenvalue weighted by Gasteiger charge is 2.25. The van der Waals surface area contributed by atoms with Gasteiger partial charge in [-0.05, 0) is 25.5 Å². The summed E-state index contributed by atoms with van der Waals surface area (Å²) in [7, 11) is 1.57. The van der Waals surface area contributed by atoms with Crippen LogP contribution >= 0.6 is 0 Å². The number of methoxy groups -OCH3 is 1. The van der Waals surface area contributed by atoms with Crippen molar-refractivity contribution in [3.63, 3.8) is 0 Å². The number of para-hydroxylation sites is 1. The zero-order chi connectivity index (χ0) is 17.6. The summed E-state index contributed by atoms with van der Waals surface area (Å²) in [6.45, 7) is 4.19. The van der Waals surface area contributed by atoms with Gasteiger partial charge in [-0.3, -0.25) is 4.79 Å². The maximum absolute atomic E-state index is 12.3. The molecule has 0 bridgehead atoms. The molecule has 0 aliphatic carbocycles. The van der Waals surface area contributed by atoms with Crippen molar-refractivity contribution in [2.45, 2.75) is 32.2 Å². The molecule has 0 fully saturated rings. The average Bonchev–Trinajstić information content (AvgIpc) is 2.91. The predicted molar refractivity (Wildman–Crippen MR) is 94.8 cm³/mol. The lowest BCUT2D eigenvalue weighted by Crippen LogP contribution is -2.49. The molecule has 1 aromatic heterocycles. The Hall–Kier alpha value is -2.11. The van der Waals surface area contributed by atoms with Crippen molar-refractivity contribution in [1.82, 2.24) is 5.32 Å². The molecule has 1 aromatic carbocycles. The minimum Gasteiger partial charge on any atom is -0.460 e. The first kappa shape index (κ1) is 18.2. The molecule has 0 saturated heterocycles. The monoisotopic (exact) mass is 331 g/mol. The van der Waals surface area contributed by atoms with Crippen LogP contribution in [0.2, 0.25) is 0 Å². The summed E-state index contributed by atoms with van der Waals surface area (Å²) >= 11 is 0. The minimum absolute atomic E-state index is 0.0177. The average molecular weight is 331 g/mol. The van der Waals surface area contributed by atoms with E-state index in [9.17, 15) is 9.90 Å². The van der Waals surface area contributed by atoms with Crippen LogP contribution in [0.1, 0.15) is 31.6 Å². The van der Waals surface area contributed by atoms with E-state index in [1.165, 1.54) is 6.08 Å². The van der Waals surface area contributed by atoms with Crippen LogP contribution in [0.15, 0.2) is 34.8 Å². The van der Waals surface area contributed by atoms with Gasteiger partial charge in [0.05, 0.1) is 12.1 Å². The number of aryl methyl sites for hydroxylation is 1. The van der Waals surface area contributed by atoms with Crippen molar-refractivity contribution in [1.29, 1.82) is 0 Å². The zero-order valence-corrected chi connectivity index (χ0v) is 14.5. The quantitative estimate of drug-likeness (QED) is 0.730. The minimum atomic E-state index is -0.600. The third kappa shape index (κ3) is 4.24. The second kappa shape index (κ2) is 8.13. The maximum atomic E-state index is 12.3. The van der Waals surface area contributed by atoms with E-state index < -0.39 is 5.54 Å². The van der Waals surface area contributed by atoms with Crippen molar-refractivity contribution in [3.8, 4) is 0 Å². The summed E-state index contributed by atoms with van der Waals surface area (Å²) in [5.41, 5.74) is 1.15. The Morgan fingerprint density at radius 1 is 1.42 bits per heavy atom. The highest BCUT2D eigenvalue weighted by atomic mass is 16.5. The molecule has 1 unspecified atom stereocenters. The van der Waals surface area contributed by atoms with Crippen molar-refractivity contribution in [2.24, 2.45) is 0 Å². The van der Waals surface area contributed by atoms with Crippen LogP contribution in [0.25, 0.3) is 17.0 Å². The van der Waals surface area contributed by atoms with Gasteiger partial charge < -0.3 is 19.6 Å². The molecular formula is C19H25NO4. The number of fused-ring (bicyclic) bond motifs is 1. The highest BCUT2D eigenvalue weighted by Crippen LogP contribution is 2.27. The van der Waals surface area contributed by atoms with Crippen LogP contribution in [0.4, 0.5) is 0 Å². The number of aliphatic hydroxyl groups is 1. The molecule has 0 radical (unpaired) electrons. The summed E-state index contributed by atoms with van der Waals surface area (Å²) in [6.07, 6.45) is 4.46. The number of hydrogen-bond acceptors (Lipinski definition) is 4. The van der Waals surface area contributed by atoms with Crippen LogP contribution in [-0.4, -0.2) is 36.9 Å². The lowest BCUT2D eigenvalue weighted by molar-refractivity contribution is -0.119. The van der Waals surface area contributed by atoms with E-state index >= 15 is 0 Å². The molecule has 1 amide bonds. The van der Waals surface area contributed by atoms with Gasteiger partial charge in [-0.25, -0.2) is 0 Å². The van der Waals surface area contributed by atoms with Crippen LogP contribution in [0.3, 0.4) is 0 Å². The van der Waals surface area contributed by atoms with Gasteiger partial charge >= 0.3 is 0 Å². The Labute approximate surface area is 142 Å². The molecule has 24 heavy (non-hydrogen) atoms. The molecule has 1 atom stereocenters. The number of carbonyl (C=O) groups excluding carboxylic acids is 1. The summed E-state index contributed by atoms with van der Waals surface area (Å²) in [4.78, 5) is 12.3. The van der Waals surface area contributed by atoms with Crippen molar-refractivity contribution < 1.29 is 19.1 Å². The van der Waals surface area contributed by atoms with E-state index in [2.05, 4.69) is 5.32 Å². The molecule has 0 aliphatic heterocycles. The fourth-order valence-electron chi connectivity index (χ4n) is 2.80. The summed E-state index contributed by atoms with van der Waals surface area (Å²) in [6, 6.07) is 7.78. The lowest BCUT2D eigenvalue weighted by Gasteiger charge is -2.28.